The van der Waals surface area contributed by atoms with E-state index in [1.807, 2.05) is 0 Å². The predicted octanol–water partition coefficient (Wildman–Crippen LogP) is 1.52. The number of anilines is 1. The highest BCUT2D eigenvalue weighted by Gasteiger charge is 2.29. The highest BCUT2D eigenvalue weighted by Crippen LogP contribution is 2.26. The number of hydrogen-bond donors (Lipinski definition) is 1. The number of nitrogen functional groups attached to an aromatic ring is 1. The van der Waals surface area contributed by atoms with E-state index < -0.39 is 11.9 Å². The number of hydrogen-bond acceptors (Lipinski definition) is 6. The first kappa shape index (κ1) is 13.1. The van der Waals surface area contributed by atoms with Gasteiger partial charge in [0, 0.05) is 0 Å². The normalized spacial score (nSPS) is 10.1. The minimum absolute atomic E-state index is 0.0304. The van der Waals surface area contributed by atoms with Gasteiger partial charge in [0.1, 0.15) is 16.9 Å². The molecule has 0 amide bonds. The third-order valence-electron chi connectivity index (χ3n) is 2.07. The van der Waals surface area contributed by atoms with Crippen LogP contribution in [-0.4, -0.2) is 25.2 Å². The van der Waals surface area contributed by atoms with Gasteiger partial charge < -0.3 is 19.6 Å². The number of aryl methyl sites for hydroxylation is 1. The molecule has 0 unspecified atom stereocenters. The van der Waals surface area contributed by atoms with Gasteiger partial charge in [-0.05, 0) is 20.8 Å². The van der Waals surface area contributed by atoms with Crippen LogP contribution in [0.3, 0.4) is 0 Å². The number of esters is 2. The Kier molecular flexibility index (Phi) is 4.14. The van der Waals surface area contributed by atoms with Crippen LogP contribution in [0.5, 0.6) is 0 Å². The molecule has 0 aliphatic carbocycles. The maximum atomic E-state index is 11.7. The summed E-state index contributed by atoms with van der Waals surface area (Å²) in [5, 5.41) is 0. The minimum Gasteiger partial charge on any atom is -0.462 e. The molecule has 2 N–H and O–H groups in total. The van der Waals surface area contributed by atoms with Gasteiger partial charge in [-0.3, -0.25) is 0 Å². The zero-order chi connectivity index (χ0) is 13.0. The van der Waals surface area contributed by atoms with Crippen molar-refractivity contribution in [2.24, 2.45) is 0 Å². The summed E-state index contributed by atoms with van der Waals surface area (Å²) in [6, 6.07) is 0. The summed E-state index contributed by atoms with van der Waals surface area (Å²) in [7, 11) is 0. The number of nitrogens with two attached hydrogens (primary N) is 1. The molecule has 6 heteroatoms. The summed E-state index contributed by atoms with van der Waals surface area (Å²) in [6.45, 7) is 5.24. The van der Waals surface area contributed by atoms with Crippen molar-refractivity contribution in [2.75, 3.05) is 18.9 Å². The summed E-state index contributed by atoms with van der Waals surface area (Å²) in [5.41, 5.74) is 5.50. The van der Waals surface area contributed by atoms with Crippen molar-refractivity contribution in [2.45, 2.75) is 20.8 Å². The van der Waals surface area contributed by atoms with Gasteiger partial charge >= 0.3 is 11.9 Å². The van der Waals surface area contributed by atoms with Crippen molar-refractivity contribution < 1.29 is 23.5 Å². The van der Waals surface area contributed by atoms with Gasteiger partial charge in [-0.2, -0.15) is 0 Å². The molecule has 0 aliphatic rings. The number of ether oxygens (including phenoxy) is 2. The van der Waals surface area contributed by atoms with E-state index in [-0.39, 0.29) is 36.0 Å². The molecule has 94 valence electrons. The van der Waals surface area contributed by atoms with E-state index in [2.05, 4.69) is 0 Å². The molecule has 17 heavy (non-hydrogen) atoms. The molecule has 0 aliphatic heterocycles. The van der Waals surface area contributed by atoms with Crippen molar-refractivity contribution >= 4 is 17.8 Å². The molecule has 0 fully saturated rings. The van der Waals surface area contributed by atoms with Crippen LogP contribution in [0, 0.1) is 6.92 Å². The molecular weight excluding hydrogens is 226 g/mol. The summed E-state index contributed by atoms with van der Waals surface area (Å²) in [4.78, 5) is 23.3. The largest absolute Gasteiger partial charge is 0.462 e. The standard InChI is InChI=1S/C11H15NO5/c1-4-15-10(13)7-6(3)17-9(12)8(7)11(14)16-5-2/h4-5,12H2,1-3H3. The molecule has 0 saturated carbocycles. The van der Waals surface area contributed by atoms with Crippen LogP contribution in [0.15, 0.2) is 4.42 Å². The number of rotatable bonds is 4. The van der Waals surface area contributed by atoms with Crippen molar-refractivity contribution in [1.29, 1.82) is 0 Å². The van der Waals surface area contributed by atoms with Crippen molar-refractivity contribution in [3.8, 4) is 0 Å². The lowest BCUT2D eigenvalue weighted by Crippen LogP contribution is -2.14. The molecule has 1 rings (SSSR count). The Morgan fingerprint density at radius 1 is 1.12 bits per heavy atom. The van der Waals surface area contributed by atoms with Gasteiger partial charge in [-0.25, -0.2) is 9.59 Å². The van der Waals surface area contributed by atoms with E-state index in [4.69, 9.17) is 19.6 Å². The van der Waals surface area contributed by atoms with Crippen LogP contribution in [0.4, 0.5) is 5.88 Å². The van der Waals surface area contributed by atoms with Gasteiger partial charge in [-0.1, -0.05) is 0 Å². The van der Waals surface area contributed by atoms with Crippen molar-refractivity contribution in [3.63, 3.8) is 0 Å². The molecular formula is C11H15NO5. The smallest absolute Gasteiger partial charge is 0.344 e. The summed E-state index contributed by atoms with van der Waals surface area (Å²) in [5.74, 6) is -1.23. The fourth-order valence-electron chi connectivity index (χ4n) is 1.42. The maximum absolute atomic E-state index is 11.7. The predicted molar refractivity (Wildman–Crippen MR) is 59.8 cm³/mol. The van der Waals surface area contributed by atoms with E-state index in [9.17, 15) is 9.59 Å². The molecule has 0 spiro atoms. The zero-order valence-electron chi connectivity index (χ0n) is 10.0. The molecule has 0 bridgehead atoms. The fourth-order valence-corrected chi connectivity index (χ4v) is 1.42. The quantitative estimate of drug-likeness (QED) is 0.803. The van der Waals surface area contributed by atoms with Crippen molar-refractivity contribution in [1.82, 2.24) is 0 Å². The monoisotopic (exact) mass is 241 g/mol. The first-order valence-corrected chi connectivity index (χ1v) is 5.25. The van der Waals surface area contributed by atoms with Crippen LogP contribution in [0.2, 0.25) is 0 Å². The van der Waals surface area contributed by atoms with Crippen LogP contribution < -0.4 is 5.73 Å². The van der Waals surface area contributed by atoms with Gasteiger partial charge in [0.05, 0.1) is 13.2 Å². The molecule has 0 saturated heterocycles. The minimum atomic E-state index is -0.690. The van der Waals surface area contributed by atoms with Crippen LogP contribution in [0.25, 0.3) is 0 Å². The lowest BCUT2D eigenvalue weighted by Gasteiger charge is -2.04. The summed E-state index contributed by atoms with van der Waals surface area (Å²) < 4.78 is 14.7. The first-order chi connectivity index (χ1) is 8.02. The summed E-state index contributed by atoms with van der Waals surface area (Å²) in [6.07, 6.45) is 0. The van der Waals surface area contributed by atoms with E-state index >= 15 is 0 Å². The Balaban J connectivity index is 3.19. The molecule has 1 aromatic heterocycles. The molecule has 0 radical (unpaired) electrons. The average molecular weight is 241 g/mol. The number of carbonyl (C=O) groups excluding carboxylic acids is 2. The Labute approximate surface area is 98.7 Å². The SMILES string of the molecule is CCOC(=O)c1c(C)oc(N)c1C(=O)OCC. The van der Waals surface area contributed by atoms with E-state index in [1.165, 1.54) is 6.92 Å². The zero-order valence-corrected chi connectivity index (χ0v) is 10.0. The fraction of sp³-hybridized carbons (Fsp3) is 0.455. The Morgan fingerprint density at radius 2 is 1.59 bits per heavy atom. The van der Waals surface area contributed by atoms with E-state index in [0.29, 0.717) is 0 Å². The third-order valence-corrected chi connectivity index (χ3v) is 2.07. The van der Waals surface area contributed by atoms with Crippen LogP contribution >= 0.6 is 0 Å². The Hall–Kier alpha value is -1.98. The van der Waals surface area contributed by atoms with Gasteiger partial charge in [0.2, 0.25) is 5.88 Å². The van der Waals surface area contributed by atoms with Crippen LogP contribution in [0.1, 0.15) is 40.3 Å². The Bertz CT molecular complexity index is 397. The molecule has 0 aromatic carbocycles. The number of carbonyl (C=O) groups is 2. The highest BCUT2D eigenvalue weighted by atomic mass is 16.5. The highest BCUT2D eigenvalue weighted by molar-refractivity contribution is 6.06. The van der Waals surface area contributed by atoms with Gasteiger partial charge in [-0.15, -0.1) is 0 Å². The van der Waals surface area contributed by atoms with Gasteiger partial charge in [0.25, 0.3) is 0 Å². The maximum Gasteiger partial charge on any atom is 0.344 e. The molecule has 6 nitrogen and oxygen atoms in total. The lowest BCUT2D eigenvalue weighted by atomic mass is 10.1. The second kappa shape index (κ2) is 5.38. The average Bonchev–Trinajstić information content (AvgIpc) is 2.54. The van der Waals surface area contributed by atoms with Crippen molar-refractivity contribution in [3.05, 3.63) is 16.9 Å². The third kappa shape index (κ3) is 2.58. The topological polar surface area (TPSA) is 91.8 Å². The van der Waals surface area contributed by atoms with E-state index in [0.717, 1.165) is 0 Å². The lowest BCUT2D eigenvalue weighted by molar-refractivity contribution is 0.0480. The van der Waals surface area contributed by atoms with Crippen LogP contribution in [-0.2, 0) is 9.47 Å². The van der Waals surface area contributed by atoms with Gasteiger partial charge in [0.15, 0.2) is 0 Å². The summed E-state index contributed by atoms with van der Waals surface area (Å²) >= 11 is 0. The second-order valence-electron chi connectivity index (χ2n) is 3.21. The molecule has 1 heterocycles. The molecule has 0 atom stereocenters. The second-order valence-corrected chi connectivity index (χ2v) is 3.21. The Morgan fingerprint density at radius 3 is 2.06 bits per heavy atom. The molecule has 1 aromatic rings. The number of furan rings is 1. The first-order valence-electron chi connectivity index (χ1n) is 5.25. The van der Waals surface area contributed by atoms with E-state index in [1.54, 1.807) is 13.8 Å².